The van der Waals surface area contributed by atoms with E-state index < -0.39 is 17.4 Å². The summed E-state index contributed by atoms with van der Waals surface area (Å²) in [5, 5.41) is 0. The molecule has 0 aromatic carbocycles. The Bertz CT molecular complexity index is 95.8. The van der Waals surface area contributed by atoms with Crippen molar-refractivity contribution in [2.45, 2.75) is 25.7 Å². The van der Waals surface area contributed by atoms with Crippen LogP contribution in [0.25, 0.3) is 0 Å². The number of quaternary nitrogens is 2. The molecule has 0 aliphatic carbocycles. The van der Waals surface area contributed by atoms with Gasteiger partial charge in [-0.3, -0.25) is 0 Å². The molecule has 0 saturated carbocycles. The van der Waals surface area contributed by atoms with E-state index in [0.29, 0.717) is 0 Å². The van der Waals surface area contributed by atoms with E-state index in [-0.39, 0.29) is 0 Å². The van der Waals surface area contributed by atoms with Gasteiger partial charge >= 0.3 is 17.4 Å². The van der Waals surface area contributed by atoms with Crippen LogP contribution in [-0.4, -0.2) is 22.9 Å². The Morgan fingerprint density at radius 3 is 1.14 bits per heavy atom. The third-order valence-electron chi connectivity index (χ3n) is 1.25. The van der Waals surface area contributed by atoms with Gasteiger partial charge in [-0.25, -0.2) is 9.13 Å². The molecule has 0 fully saturated rings. The van der Waals surface area contributed by atoms with Gasteiger partial charge in [0, 0.05) is 0 Å². The normalized spacial score (nSPS) is 8.57. The maximum atomic E-state index is 8.46. The largest absolute Gasteiger partial charge is 0.358 e. The van der Waals surface area contributed by atoms with Crippen molar-refractivity contribution in [1.29, 1.82) is 0 Å². The third kappa shape index (κ3) is 57.8. The minimum atomic E-state index is -0.833. The Morgan fingerprint density at radius 2 is 1.00 bits per heavy atom. The molecule has 0 unspecified atom stereocenters. The first-order chi connectivity index (χ1) is 6.74. The van der Waals surface area contributed by atoms with Gasteiger partial charge in [0.15, 0.2) is 0 Å². The van der Waals surface area contributed by atoms with Crippen LogP contribution in [0, 0.1) is 0 Å². The fourth-order valence-corrected chi connectivity index (χ4v) is 0.707. The van der Waals surface area contributed by atoms with Crippen molar-refractivity contribution in [3.8, 4) is 0 Å². The molecule has 0 bridgehead atoms. The van der Waals surface area contributed by atoms with E-state index in [1.807, 2.05) is 0 Å². The molecule has 0 aromatic rings. The molecule has 0 aromatic heterocycles. The summed E-state index contributed by atoms with van der Waals surface area (Å²) in [5.74, 6) is 0. The lowest BCUT2D eigenvalue weighted by molar-refractivity contribution is -0.371. The van der Waals surface area contributed by atoms with Crippen LogP contribution in [0.3, 0.4) is 0 Å². The molecule has 8 heteroatoms. The van der Waals surface area contributed by atoms with Crippen LogP contribution in [0.15, 0.2) is 0 Å². The van der Waals surface area contributed by atoms with E-state index in [4.69, 9.17) is 18.9 Å². The Balaban J connectivity index is -0.000000168. The second-order valence-corrected chi connectivity index (χ2v) is 2.61. The summed E-state index contributed by atoms with van der Waals surface area (Å²) in [6, 6.07) is 0. The quantitative estimate of drug-likeness (QED) is 0.381. The minimum Gasteiger partial charge on any atom is -0.358 e. The zero-order chi connectivity index (χ0) is 11.7. The Morgan fingerprint density at radius 1 is 0.786 bits per heavy atom. The average molecular weight is 246 g/mol. The molecule has 0 heterocycles. The fraction of sp³-hybridized carbons (Fsp3) is 1.00. The van der Waals surface area contributed by atoms with Crippen LogP contribution in [0.1, 0.15) is 25.7 Å². The fourth-order valence-electron chi connectivity index (χ4n) is 0.707. The lowest BCUT2D eigenvalue weighted by Crippen LogP contribution is -2.50. The van der Waals surface area contributed by atoms with Gasteiger partial charge in [-0.2, -0.15) is 0 Å². The molecule has 0 radical (unpaired) electrons. The average Bonchev–Trinajstić information content (AvgIpc) is 2.15. The zero-order valence-electron chi connectivity index (χ0n) is 8.26. The lowest BCUT2D eigenvalue weighted by Gasteiger charge is -1.91. The molecule has 0 aliphatic rings. The summed E-state index contributed by atoms with van der Waals surface area (Å²) in [7, 11) is -1.67. The van der Waals surface area contributed by atoms with Crippen molar-refractivity contribution in [1.82, 2.24) is 0 Å². The summed E-state index contributed by atoms with van der Waals surface area (Å²) >= 11 is 0. The van der Waals surface area contributed by atoms with Crippen LogP contribution < -0.4 is 11.5 Å². The number of rotatable bonds is 5. The second-order valence-electron chi connectivity index (χ2n) is 2.28. The lowest BCUT2D eigenvalue weighted by atomic mass is 10.2. The van der Waals surface area contributed by atoms with E-state index in [0.717, 1.165) is 13.1 Å². The molecule has 0 amide bonds. The Hall–Kier alpha value is 0.0400. The second kappa shape index (κ2) is 29.2. The van der Waals surface area contributed by atoms with Gasteiger partial charge in [0.2, 0.25) is 0 Å². The van der Waals surface area contributed by atoms with Gasteiger partial charge in [0.05, 0.1) is 13.1 Å². The SMILES string of the molecule is O=PO.O=PO.[NH3+]CCCCCC[NH3+]. The van der Waals surface area contributed by atoms with Crippen LogP contribution in [-0.2, 0) is 9.13 Å². The van der Waals surface area contributed by atoms with Crippen LogP contribution in [0.2, 0.25) is 0 Å². The molecule has 0 spiro atoms. The maximum absolute atomic E-state index is 8.46. The van der Waals surface area contributed by atoms with Gasteiger partial charge in [-0.15, -0.1) is 0 Å². The van der Waals surface area contributed by atoms with Crippen molar-refractivity contribution in [2.75, 3.05) is 13.1 Å². The maximum Gasteiger partial charge on any atom is 0.324 e. The van der Waals surface area contributed by atoms with Gasteiger partial charge in [-0.05, 0) is 25.7 Å². The van der Waals surface area contributed by atoms with E-state index in [1.54, 1.807) is 0 Å². The number of hydrogen-bond donors (Lipinski definition) is 4. The van der Waals surface area contributed by atoms with Gasteiger partial charge in [-0.1, -0.05) is 0 Å². The molecular weight excluding hydrogens is 226 g/mol. The first-order valence-corrected chi connectivity index (χ1v) is 5.80. The highest BCUT2D eigenvalue weighted by molar-refractivity contribution is 7.16. The topological polar surface area (TPSA) is 130 Å². The van der Waals surface area contributed by atoms with Crippen LogP contribution in [0.4, 0.5) is 0 Å². The highest BCUT2D eigenvalue weighted by Gasteiger charge is 1.86. The van der Waals surface area contributed by atoms with E-state index in [9.17, 15) is 0 Å². The predicted octanol–water partition coefficient (Wildman–Crippen LogP) is -0.599. The van der Waals surface area contributed by atoms with Crippen molar-refractivity contribution in [3.63, 3.8) is 0 Å². The number of hydrogen-bond acceptors (Lipinski definition) is 2. The molecule has 0 rings (SSSR count). The van der Waals surface area contributed by atoms with Crippen molar-refractivity contribution < 1.29 is 30.4 Å². The van der Waals surface area contributed by atoms with Crippen molar-refractivity contribution >= 4 is 17.4 Å². The summed E-state index contributed by atoms with van der Waals surface area (Å²) in [6.45, 7) is 2.19. The van der Waals surface area contributed by atoms with E-state index in [2.05, 4.69) is 11.5 Å². The number of unbranched alkanes of at least 4 members (excludes halogenated alkanes) is 3. The molecule has 0 aliphatic heterocycles. The van der Waals surface area contributed by atoms with Gasteiger partial charge in [0.1, 0.15) is 0 Å². The molecular formula is C6H20N2O4P2+2. The Labute approximate surface area is 87.3 Å². The zero-order valence-corrected chi connectivity index (χ0v) is 10.1. The van der Waals surface area contributed by atoms with Gasteiger partial charge < -0.3 is 21.3 Å². The van der Waals surface area contributed by atoms with Gasteiger partial charge in [0.25, 0.3) is 0 Å². The van der Waals surface area contributed by atoms with Crippen molar-refractivity contribution in [3.05, 3.63) is 0 Å². The summed E-state index contributed by atoms with van der Waals surface area (Å²) in [4.78, 5) is 14.0. The summed E-state index contributed by atoms with van der Waals surface area (Å²) in [6.07, 6.45) is 5.28. The van der Waals surface area contributed by atoms with Crippen LogP contribution in [0.5, 0.6) is 0 Å². The highest BCUT2D eigenvalue weighted by Crippen LogP contribution is 1.94. The molecule has 14 heavy (non-hydrogen) atoms. The molecule has 0 saturated heterocycles. The highest BCUT2D eigenvalue weighted by atomic mass is 31.1. The standard InChI is InChI=1S/C6H16N2.2HO2P/c7-5-3-1-2-4-6-8;2*1-3-2/h1-8H2;2*(H,1,2)/p+2. The molecule has 0 atom stereocenters. The smallest absolute Gasteiger partial charge is 0.324 e. The molecule has 8 N–H and O–H groups in total. The van der Waals surface area contributed by atoms with Crippen molar-refractivity contribution in [2.24, 2.45) is 0 Å². The van der Waals surface area contributed by atoms with E-state index >= 15 is 0 Å². The first kappa shape index (κ1) is 19.6. The minimum absolute atomic E-state index is 0.833. The summed E-state index contributed by atoms with van der Waals surface area (Å²) < 4.78 is 16.9. The predicted molar refractivity (Wildman–Crippen MR) is 53.6 cm³/mol. The Kier molecular flexibility index (Phi) is 40.9. The monoisotopic (exact) mass is 246 g/mol. The van der Waals surface area contributed by atoms with E-state index in [1.165, 1.54) is 25.7 Å². The first-order valence-electron chi connectivity index (χ1n) is 4.27. The molecule has 86 valence electrons. The summed E-state index contributed by atoms with van der Waals surface area (Å²) in [5.41, 5.74) is 7.54. The third-order valence-corrected chi connectivity index (χ3v) is 1.25. The molecule has 6 nitrogen and oxygen atoms in total. The van der Waals surface area contributed by atoms with Crippen LogP contribution >= 0.6 is 17.4 Å².